The summed E-state index contributed by atoms with van der Waals surface area (Å²) < 4.78 is 13.4. The summed E-state index contributed by atoms with van der Waals surface area (Å²) >= 11 is 0. The molecule has 4 heteroatoms. The molecular weight excluding hydrogens is 205 g/mol. The number of halogens is 1. The molecule has 0 aliphatic carbocycles. The number of para-hydroxylation sites is 1. The van der Waals surface area contributed by atoms with E-state index in [4.69, 9.17) is 0 Å². The average molecular weight is 219 g/mol. The van der Waals surface area contributed by atoms with Gasteiger partial charge in [0.05, 0.1) is 17.9 Å². The molecule has 1 atom stereocenters. The van der Waals surface area contributed by atoms with Crippen molar-refractivity contribution in [2.75, 3.05) is 5.32 Å². The maximum atomic E-state index is 13.4. The molecule has 1 heterocycles. The highest BCUT2D eigenvalue weighted by atomic mass is 19.1. The summed E-state index contributed by atoms with van der Waals surface area (Å²) in [6.45, 7) is 3.92. The minimum atomic E-state index is -0.240. The molecule has 2 N–H and O–H groups in total. The van der Waals surface area contributed by atoms with Crippen LogP contribution in [0.4, 0.5) is 10.1 Å². The van der Waals surface area contributed by atoms with Crippen molar-refractivity contribution >= 4 is 5.69 Å². The summed E-state index contributed by atoms with van der Waals surface area (Å²) in [7, 11) is 0. The zero-order valence-corrected chi connectivity index (χ0v) is 9.29. The van der Waals surface area contributed by atoms with E-state index in [0.29, 0.717) is 5.69 Å². The Balaban J connectivity index is 2.17. The molecule has 0 radical (unpaired) electrons. The third-order valence-electron chi connectivity index (χ3n) is 2.58. The summed E-state index contributed by atoms with van der Waals surface area (Å²) in [6, 6.07) is 6.67. The highest BCUT2D eigenvalue weighted by molar-refractivity contribution is 5.46. The number of aromatic nitrogens is 2. The van der Waals surface area contributed by atoms with Gasteiger partial charge in [0.25, 0.3) is 0 Å². The largest absolute Gasteiger partial charge is 0.376 e. The number of aromatic amines is 1. The number of rotatable bonds is 3. The SMILES string of the molecule is Cc1[nH]ncc1C(C)Nc1ccccc1F. The van der Waals surface area contributed by atoms with Crippen LogP contribution in [0.2, 0.25) is 0 Å². The lowest BCUT2D eigenvalue weighted by atomic mass is 10.1. The normalized spacial score (nSPS) is 12.4. The van der Waals surface area contributed by atoms with Crippen LogP contribution >= 0.6 is 0 Å². The number of H-pyrrole nitrogens is 1. The van der Waals surface area contributed by atoms with Crippen molar-refractivity contribution in [2.24, 2.45) is 0 Å². The Morgan fingerprint density at radius 1 is 1.38 bits per heavy atom. The zero-order chi connectivity index (χ0) is 11.5. The van der Waals surface area contributed by atoms with Crippen LogP contribution in [-0.2, 0) is 0 Å². The van der Waals surface area contributed by atoms with Gasteiger partial charge in [0.1, 0.15) is 5.82 Å². The Kier molecular flexibility index (Phi) is 2.90. The van der Waals surface area contributed by atoms with Gasteiger partial charge in [-0.25, -0.2) is 4.39 Å². The van der Waals surface area contributed by atoms with Crippen molar-refractivity contribution in [1.29, 1.82) is 0 Å². The molecule has 3 nitrogen and oxygen atoms in total. The fraction of sp³-hybridized carbons (Fsp3) is 0.250. The predicted octanol–water partition coefficient (Wildman–Crippen LogP) is 3.03. The molecule has 1 unspecified atom stereocenters. The van der Waals surface area contributed by atoms with Crippen molar-refractivity contribution < 1.29 is 4.39 Å². The number of nitrogens with one attached hydrogen (secondary N) is 2. The lowest BCUT2D eigenvalue weighted by molar-refractivity contribution is 0.627. The molecular formula is C12H14FN3. The van der Waals surface area contributed by atoms with E-state index in [1.807, 2.05) is 13.8 Å². The lowest BCUT2D eigenvalue weighted by Crippen LogP contribution is -2.08. The minimum Gasteiger partial charge on any atom is -0.376 e. The van der Waals surface area contributed by atoms with Crippen molar-refractivity contribution in [3.63, 3.8) is 0 Å². The Morgan fingerprint density at radius 3 is 2.75 bits per heavy atom. The molecule has 0 saturated carbocycles. The maximum absolute atomic E-state index is 13.4. The summed E-state index contributed by atoms with van der Waals surface area (Å²) in [4.78, 5) is 0. The summed E-state index contributed by atoms with van der Waals surface area (Å²) in [5, 5.41) is 9.93. The molecule has 0 spiro atoms. The fourth-order valence-electron chi connectivity index (χ4n) is 1.69. The molecule has 0 bridgehead atoms. The first-order valence-corrected chi connectivity index (χ1v) is 5.19. The van der Waals surface area contributed by atoms with E-state index in [9.17, 15) is 4.39 Å². The number of hydrogen-bond acceptors (Lipinski definition) is 2. The lowest BCUT2D eigenvalue weighted by Gasteiger charge is -2.15. The highest BCUT2D eigenvalue weighted by Gasteiger charge is 2.11. The van der Waals surface area contributed by atoms with Crippen LogP contribution < -0.4 is 5.32 Å². The van der Waals surface area contributed by atoms with Gasteiger partial charge in [-0.15, -0.1) is 0 Å². The molecule has 1 aromatic carbocycles. The number of benzene rings is 1. The molecule has 0 aliphatic rings. The van der Waals surface area contributed by atoms with Crippen LogP contribution in [0.1, 0.15) is 24.2 Å². The van der Waals surface area contributed by atoms with Gasteiger partial charge in [-0.05, 0) is 26.0 Å². The zero-order valence-electron chi connectivity index (χ0n) is 9.29. The van der Waals surface area contributed by atoms with Gasteiger partial charge in [-0.2, -0.15) is 5.10 Å². The van der Waals surface area contributed by atoms with Crippen LogP contribution in [-0.4, -0.2) is 10.2 Å². The van der Waals surface area contributed by atoms with E-state index in [1.54, 1.807) is 24.4 Å². The first kappa shape index (κ1) is 10.7. The van der Waals surface area contributed by atoms with E-state index < -0.39 is 0 Å². The topological polar surface area (TPSA) is 40.7 Å². The number of nitrogens with zero attached hydrogens (tertiary/aromatic N) is 1. The molecule has 16 heavy (non-hydrogen) atoms. The fourth-order valence-corrected chi connectivity index (χ4v) is 1.69. The molecule has 84 valence electrons. The van der Waals surface area contributed by atoms with E-state index in [2.05, 4.69) is 15.5 Å². The van der Waals surface area contributed by atoms with Crippen molar-refractivity contribution in [3.8, 4) is 0 Å². The minimum absolute atomic E-state index is 0.0237. The van der Waals surface area contributed by atoms with E-state index in [1.165, 1.54) is 6.07 Å². The van der Waals surface area contributed by atoms with Gasteiger partial charge in [-0.1, -0.05) is 12.1 Å². The predicted molar refractivity (Wildman–Crippen MR) is 61.8 cm³/mol. The summed E-state index contributed by atoms with van der Waals surface area (Å²) in [6.07, 6.45) is 1.76. The maximum Gasteiger partial charge on any atom is 0.146 e. The third kappa shape index (κ3) is 2.05. The monoisotopic (exact) mass is 219 g/mol. The van der Waals surface area contributed by atoms with Gasteiger partial charge in [0.15, 0.2) is 0 Å². The molecule has 2 rings (SSSR count). The standard InChI is InChI=1S/C12H14FN3/c1-8(10-7-14-16-9(10)2)15-12-6-4-3-5-11(12)13/h3-8,15H,1-2H3,(H,14,16). The van der Waals surface area contributed by atoms with Gasteiger partial charge in [-0.3, -0.25) is 5.10 Å². The number of anilines is 1. The Bertz CT molecular complexity index is 479. The Hall–Kier alpha value is -1.84. The average Bonchev–Trinajstić information content (AvgIpc) is 2.68. The summed E-state index contributed by atoms with van der Waals surface area (Å²) in [5.74, 6) is -0.240. The smallest absolute Gasteiger partial charge is 0.146 e. The number of hydrogen-bond donors (Lipinski definition) is 2. The highest BCUT2D eigenvalue weighted by Crippen LogP contribution is 2.22. The van der Waals surface area contributed by atoms with Gasteiger partial charge in [0.2, 0.25) is 0 Å². The van der Waals surface area contributed by atoms with Gasteiger partial charge < -0.3 is 5.32 Å². The molecule has 0 saturated heterocycles. The molecule has 0 fully saturated rings. The first-order chi connectivity index (χ1) is 7.68. The van der Waals surface area contributed by atoms with Crippen LogP contribution in [0.3, 0.4) is 0 Å². The second-order valence-electron chi connectivity index (χ2n) is 3.80. The second kappa shape index (κ2) is 4.35. The number of aryl methyl sites for hydroxylation is 1. The van der Waals surface area contributed by atoms with Crippen LogP contribution in [0.25, 0.3) is 0 Å². The second-order valence-corrected chi connectivity index (χ2v) is 3.80. The van der Waals surface area contributed by atoms with Crippen molar-refractivity contribution in [2.45, 2.75) is 19.9 Å². The summed E-state index contributed by atoms with van der Waals surface area (Å²) in [5.41, 5.74) is 2.55. The van der Waals surface area contributed by atoms with E-state index in [0.717, 1.165) is 11.3 Å². The van der Waals surface area contributed by atoms with E-state index >= 15 is 0 Å². The Labute approximate surface area is 93.7 Å². The third-order valence-corrected chi connectivity index (χ3v) is 2.58. The van der Waals surface area contributed by atoms with Crippen molar-refractivity contribution in [3.05, 3.63) is 47.5 Å². The molecule has 2 aromatic rings. The first-order valence-electron chi connectivity index (χ1n) is 5.19. The van der Waals surface area contributed by atoms with Gasteiger partial charge in [0, 0.05) is 11.3 Å². The van der Waals surface area contributed by atoms with Gasteiger partial charge >= 0.3 is 0 Å². The molecule has 1 aromatic heterocycles. The van der Waals surface area contributed by atoms with Crippen LogP contribution in [0, 0.1) is 12.7 Å². The van der Waals surface area contributed by atoms with Crippen LogP contribution in [0.15, 0.2) is 30.5 Å². The molecule has 0 amide bonds. The van der Waals surface area contributed by atoms with E-state index in [-0.39, 0.29) is 11.9 Å². The molecule has 0 aliphatic heterocycles. The quantitative estimate of drug-likeness (QED) is 0.833. The van der Waals surface area contributed by atoms with Crippen LogP contribution in [0.5, 0.6) is 0 Å². The van der Waals surface area contributed by atoms with Crippen molar-refractivity contribution in [1.82, 2.24) is 10.2 Å². The Morgan fingerprint density at radius 2 is 2.12 bits per heavy atom.